The van der Waals surface area contributed by atoms with Crippen LogP contribution in [0, 0.1) is 0 Å². The SMILES string of the molecule is COc1cccc(C2=C3C=CC=[N+]3[B-](F)(F)n3cccc32)c1OC. The van der Waals surface area contributed by atoms with Crippen LogP contribution >= 0.6 is 0 Å². The number of methoxy groups -OCH3 is 2. The minimum Gasteiger partial charge on any atom is -0.493 e. The lowest BCUT2D eigenvalue weighted by molar-refractivity contribution is -0.356. The Morgan fingerprint density at radius 2 is 1.92 bits per heavy atom. The normalized spacial score (nSPS) is 17.4. The molecular weight excluding hydrogens is 313 g/mol. The summed E-state index contributed by atoms with van der Waals surface area (Å²) in [4.78, 5) is 0. The number of ether oxygens (including phenoxy) is 2. The van der Waals surface area contributed by atoms with Crippen LogP contribution < -0.4 is 9.47 Å². The third kappa shape index (κ3) is 1.81. The van der Waals surface area contributed by atoms with Crippen molar-refractivity contribution in [1.82, 2.24) is 4.48 Å². The van der Waals surface area contributed by atoms with Crippen molar-refractivity contribution >= 4 is 18.8 Å². The molecule has 1 aromatic heterocycles. The van der Waals surface area contributed by atoms with Crippen molar-refractivity contribution in [3.05, 3.63) is 65.6 Å². The summed E-state index contributed by atoms with van der Waals surface area (Å²) in [6.45, 7) is -3.90. The Bertz CT molecular complexity index is 928. The smallest absolute Gasteiger partial charge is 0.493 e. The van der Waals surface area contributed by atoms with Gasteiger partial charge in [-0.3, -0.25) is 0 Å². The summed E-state index contributed by atoms with van der Waals surface area (Å²) < 4.78 is 42.5. The molecule has 122 valence electrons. The van der Waals surface area contributed by atoms with Crippen LogP contribution in [0.1, 0.15) is 11.3 Å². The minimum absolute atomic E-state index is 0.456. The zero-order chi connectivity index (χ0) is 16.9. The van der Waals surface area contributed by atoms with E-state index in [0.29, 0.717) is 34.0 Å². The van der Waals surface area contributed by atoms with E-state index in [1.807, 2.05) is 12.1 Å². The fraction of sp³-hybridized carbons (Fsp3) is 0.118. The fourth-order valence-corrected chi connectivity index (χ4v) is 3.38. The Hall–Kier alpha value is -2.83. The van der Waals surface area contributed by atoms with Gasteiger partial charge in [0.15, 0.2) is 17.2 Å². The van der Waals surface area contributed by atoms with Gasteiger partial charge < -0.3 is 27.1 Å². The van der Waals surface area contributed by atoms with Gasteiger partial charge in [-0.05, 0) is 24.4 Å². The predicted octanol–water partition coefficient (Wildman–Crippen LogP) is 3.15. The van der Waals surface area contributed by atoms with Crippen LogP contribution in [0.15, 0.2) is 54.4 Å². The van der Waals surface area contributed by atoms with E-state index in [-0.39, 0.29) is 0 Å². The Morgan fingerprint density at radius 3 is 2.67 bits per heavy atom. The lowest BCUT2D eigenvalue weighted by Gasteiger charge is -2.31. The van der Waals surface area contributed by atoms with E-state index in [9.17, 15) is 8.63 Å². The molecule has 0 N–H and O–H groups in total. The Labute approximate surface area is 138 Å². The summed E-state index contributed by atoms with van der Waals surface area (Å²) in [7, 11) is 3.09. The Balaban J connectivity index is 2.06. The number of aromatic nitrogens is 1. The number of halogens is 2. The maximum Gasteiger partial charge on any atom is 0.737 e. The van der Waals surface area contributed by atoms with Crippen LogP contribution in [0.4, 0.5) is 8.63 Å². The molecule has 0 fully saturated rings. The number of hydrogen-bond donors (Lipinski definition) is 0. The van der Waals surface area contributed by atoms with Crippen LogP contribution in [0.5, 0.6) is 11.5 Å². The number of allylic oxidation sites excluding steroid dienone is 2. The highest BCUT2D eigenvalue weighted by Crippen LogP contribution is 2.43. The molecule has 3 heterocycles. The first-order valence-electron chi connectivity index (χ1n) is 7.55. The van der Waals surface area contributed by atoms with Gasteiger partial charge in [0.25, 0.3) is 0 Å². The van der Waals surface area contributed by atoms with Gasteiger partial charge in [0.1, 0.15) is 6.21 Å². The second-order valence-corrected chi connectivity index (χ2v) is 5.61. The van der Waals surface area contributed by atoms with Gasteiger partial charge >= 0.3 is 6.97 Å². The summed E-state index contributed by atoms with van der Waals surface area (Å²) in [5, 5.41) is 0. The van der Waals surface area contributed by atoms with Gasteiger partial charge in [-0.15, -0.1) is 0 Å². The van der Waals surface area contributed by atoms with E-state index in [1.165, 1.54) is 12.4 Å². The van der Waals surface area contributed by atoms with Crippen molar-refractivity contribution in [1.29, 1.82) is 0 Å². The Kier molecular flexibility index (Phi) is 3.13. The second-order valence-electron chi connectivity index (χ2n) is 5.61. The monoisotopic (exact) mass is 328 g/mol. The quantitative estimate of drug-likeness (QED) is 0.809. The summed E-state index contributed by atoms with van der Waals surface area (Å²) in [6, 6.07) is 8.77. The topological polar surface area (TPSA) is 26.4 Å². The maximum atomic E-state index is 14.8. The largest absolute Gasteiger partial charge is 0.737 e. The van der Waals surface area contributed by atoms with Crippen molar-refractivity contribution in [2.75, 3.05) is 14.2 Å². The number of rotatable bonds is 3. The molecule has 0 atom stereocenters. The van der Waals surface area contributed by atoms with Crippen molar-refractivity contribution in [2.24, 2.45) is 0 Å². The molecule has 4 rings (SSSR count). The van der Waals surface area contributed by atoms with Crippen LogP contribution in [0.3, 0.4) is 0 Å². The van der Waals surface area contributed by atoms with Gasteiger partial charge in [0, 0.05) is 23.4 Å². The summed E-state index contributed by atoms with van der Waals surface area (Å²) in [5.41, 5.74) is 2.31. The molecule has 0 radical (unpaired) electrons. The van der Waals surface area contributed by atoms with Gasteiger partial charge in [-0.25, -0.2) is 0 Å². The molecule has 2 aliphatic heterocycles. The molecule has 4 nitrogen and oxygen atoms in total. The highest BCUT2D eigenvalue weighted by Gasteiger charge is 2.51. The highest BCUT2D eigenvalue weighted by molar-refractivity contribution is 6.57. The van der Waals surface area contributed by atoms with E-state index in [4.69, 9.17) is 9.47 Å². The zero-order valence-electron chi connectivity index (χ0n) is 13.2. The minimum atomic E-state index is -3.90. The third-order valence-corrected chi connectivity index (χ3v) is 4.41. The predicted molar refractivity (Wildman–Crippen MR) is 88.8 cm³/mol. The van der Waals surface area contributed by atoms with Crippen LogP contribution in [0.25, 0.3) is 5.57 Å². The first kappa shape index (κ1) is 14.7. The maximum absolute atomic E-state index is 14.8. The van der Waals surface area contributed by atoms with Gasteiger partial charge in [-0.1, -0.05) is 12.1 Å². The molecule has 0 amide bonds. The van der Waals surface area contributed by atoms with E-state index >= 15 is 0 Å². The number of benzene rings is 1. The highest BCUT2D eigenvalue weighted by atomic mass is 19.2. The number of hydrogen-bond acceptors (Lipinski definition) is 2. The zero-order valence-corrected chi connectivity index (χ0v) is 13.2. The lowest BCUT2D eigenvalue weighted by Crippen LogP contribution is -2.49. The van der Waals surface area contributed by atoms with Crippen LogP contribution in [-0.2, 0) is 0 Å². The number of para-hydroxylation sites is 1. The van der Waals surface area contributed by atoms with Gasteiger partial charge in [0.05, 0.1) is 19.8 Å². The molecule has 0 saturated carbocycles. The molecule has 2 aromatic rings. The molecule has 0 spiro atoms. The van der Waals surface area contributed by atoms with Gasteiger partial charge in [-0.2, -0.15) is 0 Å². The molecule has 7 heteroatoms. The fourth-order valence-electron chi connectivity index (χ4n) is 3.38. The van der Waals surface area contributed by atoms with Crippen molar-refractivity contribution in [3.63, 3.8) is 0 Å². The first-order valence-corrected chi connectivity index (χ1v) is 7.55. The van der Waals surface area contributed by atoms with E-state index in [0.717, 1.165) is 8.96 Å². The third-order valence-electron chi connectivity index (χ3n) is 4.41. The number of nitrogens with zero attached hydrogens (tertiary/aromatic N) is 2. The molecule has 24 heavy (non-hydrogen) atoms. The Morgan fingerprint density at radius 1 is 1.08 bits per heavy atom. The van der Waals surface area contributed by atoms with Gasteiger partial charge in [0.2, 0.25) is 0 Å². The molecule has 0 bridgehead atoms. The van der Waals surface area contributed by atoms with Crippen molar-refractivity contribution in [3.8, 4) is 11.5 Å². The molecule has 1 aromatic carbocycles. The summed E-state index contributed by atoms with van der Waals surface area (Å²) in [5.74, 6) is 1.08. The number of fused-ring (bicyclic) bond motifs is 2. The average molecular weight is 328 g/mol. The molecule has 0 aliphatic carbocycles. The van der Waals surface area contributed by atoms with E-state index < -0.39 is 6.97 Å². The van der Waals surface area contributed by atoms with Crippen LogP contribution in [0.2, 0.25) is 0 Å². The molecule has 0 saturated heterocycles. The summed E-state index contributed by atoms with van der Waals surface area (Å²) in [6.07, 6.45) is 6.14. The van der Waals surface area contributed by atoms with E-state index in [1.54, 1.807) is 44.6 Å². The van der Waals surface area contributed by atoms with Crippen molar-refractivity contribution in [2.45, 2.75) is 0 Å². The molecular formula is C17H15BF2N2O2. The van der Waals surface area contributed by atoms with E-state index in [2.05, 4.69) is 0 Å². The lowest BCUT2D eigenvalue weighted by atomic mass is 9.86. The average Bonchev–Trinajstić information content (AvgIpc) is 3.25. The molecule has 0 unspecified atom stereocenters. The standard InChI is InChI=1S/C17H15BF2N2O2/c1-23-15-9-3-6-12(17(15)24-2)16-13-7-4-10-21(13)18(19,20)22-11-5-8-14(16)22/h3-11H,1-2H3. The second kappa shape index (κ2) is 5.09. The first-order chi connectivity index (χ1) is 11.6. The molecule has 2 aliphatic rings. The summed E-state index contributed by atoms with van der Waals surface area (Å²) >= 11 is 0. The van der Waals surface area contributed by atoms with Crippen LogP contribution in [-0.4, -0.2) is 36.4 Å². The van der Waals surface area contributed by atoms with Crippen molar-refractivity contribution < 1.29 is 22.6 Å².